The second-order valence-electron chi connectivity index (χ2n) is 5.04. The Kier molecular flexibility index (Phi) is 1.75. The molecule has 0 unspecified atom stereocenters. The van der Waals surface area contributed by atoms with E-state index in [0.717, 1.165) is 6.42 Å². The van der Waals surface area contributed by atoms with Crippen molar-refractivity contribution in [3.63, 3.8) is 0 Å². The topological polar surface area (TPSA) is 34.2 Å². The van der Waals surface area contributed by atoms with E-state index in [4.69, 9.17) is 16.3 Å². The van der Waals surface area contributed by atoms with E-state index in [-0.39, 0.29) is 5.60 Å². The van der Waals surface area contributed by atoms with E-state index in [0.29, 0.717) is 23.8 Å². The van der Waals surface area contributed by atoms with Crippen LogP contribution in [-0.2, 0) is 16.9 Å². The Bertz CT molecular complexity index is 464. The standard InChI is InChI=1S/C12H13ClN2O/c13-11-3-7-6-16-12(9(7)5-14-11)4-8-1-2-10(12)15-8/h3,5,8,10,15H,1-2,4,6H2/t8-,10+,12-/m0/s1. The Hall–Kier alpha value is -0.640. The van der Waals surface area contributed by atoms with Crippen molar-refractivity contribution in [2.75, 3.05) is 0 Å². The highest BCUT2D eigenvalue weighted by Crippen LogP contribution is 2.51. The van der Waals surface area contributed by atoms with Crippen molar-refractivity contribution in [1.82, 2.24) is 10.3 Å². The molecular formula is C12H13ClN2O. The third kappa shape index (κ3) is 1.04. The molecular weight excluding hydrogens is 224 g/mol. The summed E-state index contributed by atoms with van der Waals surface area (Å²) in [4.78, 5) is 4.21. The number of rotatable bonds is 0. The van der Waals surface area contributed by atoms with Gasteiger partial charge in [-0.3, -0.25) is 0 Å². The lowest BCUT2D eigenvalue weighted by Crippen LogP contribution is -2.38. The summed E-state index contributed by atoms with van der Waals surface area (Å²) in [7, 11) is 0. The first-order chi connectivity index (χ1) is 7.78. The summed E-state index contributed by atoms with van der Waals surface area (Å²) in [5.41, 5.74) is 2.38. The van der Waals surface area contributed by atoms with Crippen molar-refractivity contribution in [3.05, 3.63) is 28.5 Å². The maximum absolute atomic E-state index is 6.10. The van der Waals surface area contributed by atoms with E-state index in [9.17, 15) is 0 Å². The normalized spacial score (nSPS) is 39.6. The fourth-order valence-corrected chi connectivity index (χ4v) is 3.75. The number of fused-ring (bicyclic) bond motifs is 5. The van der Waals surface area contributed by atoms with Gasteiger partial charge in [-0.2, -0.15) is 0 Å². The highest BCUT2D eigenvalue weighted by molar-refractivity contribution is 6.29. The van der Waals surface area contributed by atoms with Gasteiger partial charge in [0, 0.05) is 23.8 Å². The van der Waals surface area contributed by atoms with Crippen LogP contribution in [-0.4, -0.2) is 17.1 Å². The fourth-order valence-electron chi connectivity index (χ4n) is 3.57. The molecule has 4 heteroatoms. The predicted octanol–water partition coefficient (Wildman–Crippen LogP) is 1.98. The van der Waals surface area contributed by atoms with Gasteiger partial charge in [-0.05, 0) is 30.9 Å². The van der Waals surface area contributed by atoms with E-state index in [1.54, 1.807) is 0 Å². The van der Waals surface area contributed by atoms with Crippen LogP contribution < -0.4 is 5.32 Å². The predicted molar refractivity (Wildman–Crippen MR) is 60.3 cm³/mol. The van der Waals surface area contributed by atoms with Gasteiger partial charge in [0.25, 0.3) is 0 Å². The summed E-state index contributed by atoms with van der Waals surface area (Å²) in [6.45, 7) is 0.683. The molecule has 1 N–H and O–H groups in total. The number of pyridine rings is 1. The first kappa shape index (κ1) is 9.40. The van der Waals surface area contributed by atoms with Gasteiger partial charge in [0.2, 0.25) is 0 Å². The van der Waals surface area contributed by atoms with E-state index < -0.39 is 0 Å². The summed E-state index contributed by atoms with van der Waals surface area (Å²) < 4.78 is 6.10. The van der Waals surface area contributed by atoms with Crippen molar-refractivity contribution in [2.24, 2.45) is 0 Å². The van der Waals surface area contributed by atoms with Gasteiger partial charge < -0.3 is 10.1 Å². The Balaban J connectivity index is 1.84. The first-order valence-electron chi connectivity index (χ1n) is 5.83. The summed E-state index contributed by atoms with van der Waals surface area (Å²) in [5, 5.41) is 4.20. The molecule has 0 aromatic carbocycles. The maximum Gasteiger partial charge on any atom is 0.129 e. The molecule has 3 aliphatic heterocycles. The molecule has 4 rings (SSSR count). The molecule has 0 radical (unpaired) electrons. The second kappa shape index (κ2) is 2.97. The lowest BCUT2D eigenvalue weighted by atomic mass is 9.80. The maximum atomic E-state index is 6.10. The molecule has 3 aliphatic rings. The minimum atomic E-state index is -0.101. The van der Waals surface area contributed by atoms with Crippen LogP contribution in [0.3, 0.4) is 0 Å². The van der Waals surface area contributed by atoms with Crippen LogP contribution in [0.5, 0.6) is 0 Å². The number of nitrogens with one attached hydrogen (secondary N) is 1. The smallest absolute Gasteiger partial charge is 0.129 e. The van der Waals surface area contributed by atoms with Gasteiger partial charge in [-0.1, -0.05) is 11.6 Å². The first-order valence-corrected chi connectivity index (χ1v) is 6.21. The van der Waals surface area contributed by atoms with Crippen LogP contribution in [0.2, 0.25) is 5.15 Å². The van der Waals surface area contributed by atoms with Gasteiger partial charge in [-0.15, -0.1) is 0 Å². The van der Waals surface area contributed by atoms with Crippen LogP contribution in [0, 0.1) is 0 Å². The van der Waals surface area contributed by atoms with E-state index in [1.165, 1.54) is 24.0 Å². The second-order valence-corrected chi connectivity index (χ2v) is 5.43. The molecule has 1 spiro atoms. The highest BCUT2D eigenvalue weighted by atomic mass is 35.5. The van der Waals surface area contributed by atoms with E-state index in [2.05, 4.69) is 10.3 Å². The average molecular weight is 237 g/mol. The van der Waals surface area contributed by atoms with Crippen LogP contribution in [0.4, 0.5) is 0 Å². The number of ether oxygens (including phenoxy) is 1. The molecule has 2 bridgehead atoms. The van der Waals surface area contributed by atoms with Gasteiger partial charge in [0.1, 0.15) is 10.8 Å². The molecule has 1 aromatic heterocycles. The molecule has 0 saturated carbocycles. The van der Waals surface area contributed by atoms with Crippen LogP contribution in [0.1, 0.15) is 30.4 Å². The molecule has 4 heterocycles. The largest absolute Gasteiger partial charge is 0.364 e. The number of hydrogen-bond donors (Lipinski definition) is 1. The number of aromatic nitrogens is 1. The third-order valence-electron chi connectivity index (χ3n) is 4.25. The van der Waals surface area contributed by atoms with Crippen LogP contribution >= 0.6 is 11.6 Å². The monoisotopic (exact) mass is 236 g/mol. The van der Waals surface area contributed by atoms with Crippen LogP contribution in [0.15, 0.2) is 12.3 Å². The van der Waals surface area contributed by atoms with Crippen molar-refractivity contribution in [2.45, 2.75) is 43.6 Å². The van der Waals surface area contributed by atoms with Gasteiger partial charge in [-0.25, -0.2) is 4.98 Å². The lowest BCUT2D eigenvalue weighted by Gasteiger charge is -2.32. The van der Waals surface area contributed by atoms with Crippen molar-refractivity contribution < 1.29 is 4.74 Å². The minimum absolute atomic E-state index is 0.101. The Morgan fingerprint density at radius 3 is 3.19 bits per heavy atom. The molecule has 16 heavy (non-hydrogen) atoms. The zero-order valence-electron chi connectivity index (χ0n) is 8.87. The average Bonchev–Trinajstić information content (AvgIpc) is 2.94. The zero-order chi connectivity index (χ0) is 10.8. The highest BCUT2D eigenvalue weighted by Gasteiger charge is 2.56. The zero-order valence-corrected chi connectivity index (χ0v) is 9.63. The third-order valence-corrected chi connectivity index (χ3v) is 4.46. The molecule has 1 aromatic rings. The summed E-state index contributed by atoms with van der Waals surface area (Å²) >= 11 is 5.92. The molecule has 0 amide bonds. The molecule has 2 fully saturated rings. The Morgan fingerprint density at radius 2 is 2.44 bits per heavy atom. The quantitative estimate of drug-likeness (QED) is 0.700. The Morgan fingerprint density at radius 1 is 1.50 bits per heavy atom. The van der Waals surface area contributed by atoms with Crippen molar-refractivity contribution in [3.8, 4) is 0 Å². The summed E-state index contributed by atoms with van der Waals surface area (Å²) in [5.74, 6) is 0. The summed E-state index contributed by atoms with van der Waals surface area (Å²) in [6, 6.07) is 3.05. The molecule has 84 valence electrons. The van der Waals surface area contributed by atoms with Crippen molar-refractivity contribution in [1.29, 1.82) is 0 Å². The van der Waals surface area contributed by atoms with E-state index >= 15 is 0 Å². The Labute approximate surface area is 99.2 Å². The van der Waals surface area contributed by atoms with Gasteiger partial charge in [0.15, 0.2) is 0 Å². The van der Waals surface area contributed by atoms with E-state index in [1.807, 2.05) is 12.3 Å². The molecule has 2 saturated heterocycles. The number of nitrogens with zero attached hydrogens (tertiary/aromatic N) is 1. The van der Waals surface area contributed by atoms with Crippen molar-refractivity contribution >= 4 is 11.6 Å². The molecule has 3 atom stereocenters. The lowest BCUT2D eigenvalue weighted by molar-refractivity contribution is -0.0550. The van der Waals surface area contributed by atoms with Gasteiger partial charge >= 0.3 is 0 Å². The molecule has 0 aliphatic carbocycles. The summed E-state index contributed by atoms with van der Waals surface area (Å²) in [6.07, 6.45) is 5.50. The fraction of sp³-hybridized carbons (Fsp3) is 0.583. The minimum Gasteiger partial charge on any atom is -0.364 e. The SMILES string of the molecule is Clc1cc2c(cn1)[C@]1(C[C@@H]3CC[C@H]1N3)OC2. The van der Waals surface area contributed by atoms with Gasteiger partial charge in [0.05, 0.1) is 6.61 Å². The number of hydrogen-bond acceptors (Lipinski definition) is 3. The molecule has 3 nitrogen and oxygen atoms in total. The number of halogens is 1. The van der Waals surface area contributed by atoms with Crippen LogP contribution in [0.25, 0.3) is 0 Å².